The Morgan fingerprint density at radius 1 is 1.44 bits per heavy atom. The van der Waals surface area contributed by atoms with Crippen LogP contribution in [0.5, 0.6) is 0 Å². The number of aliphatic hydroxyl groups excluding tert-OH is 1. The first-order valence-electron chi connectivity index (χ1n) is 5.68. The van der Waals surface area contributed by atoms with Gasteiger partial charge in [0.1, 0.15) is 0 Å². The molecule has 1 rings (SSSR count). The molecule has 16 heavy (non-hydrogen) atoms. The minimum Gasteiger partial charge on any atom is -0.393 e. The average molecular weight is 216 g/mol. The molecule has 0 aliphatic carbocycles. The van der Waals surface area contributed by atoms with E-state index < -0.39 is 6.10 Å². The minimum absolute atomic E-state index is 0.159. The number of nitriles is 1. The van der Waals surface area contributed by atoms with Crippen LogP contribution in [0.4, 0.5) is 0 Å². The fourth-order valence-electron chi connectivity index (χ4n) is 1.94. The second-order valence-electron chi connectivity index (χ2n) is 3.92. The van der Waals surface area contributed by atoms with Gasteiger partial charge in [0.05, 0.1) is 17.7 Å². The highest BCUT2D eigenvalue weighted by Gasteiger charge is 2.18. The summed E-state index contributed by atoms with van der Waals surface area (Å²) in [6, 6.07) is 7.81. The van der Waals surface area contributed by atoms with Crippen molar-refractivity contribution in [2.24, 2.45) is 0 Å². The largest absolute Gasteiger partial charge is 0.393 e. The van der Waals surface area contributed by atoms with Crippen molar-refractivity contribution < 1.29 is 5.11 Å². The van der Waals surface area contributed by atoms with E-state index in [2.05, 4.69) is 13.0 Å². The van der Waals surface area contributed by atoms with Crippen LogP contribution >= 0.6 is 0 Å². The first-order valence-corrected chi connectivity index (χ1v) is 5.68. The van der Waals surface area contributed by atoms with Gasteiger partial charge in [-0.2, -0.15) is 5.26 Å². The van der Waals surface area contributed by atoms with E-state index in [1.54, 1.807) is 0 Å². The highest BCUT2D eigenvalue weighted by Crippen LogP contribution is 2.26. The lowest BCUT2D eigenvalue weighted by Gasteiger charge is -2.21. The van der Waals surface area contributed by atoms with Crippen molar-refractivity contribution in [2.75, 3.05) is 0 Å². The van der Waals surface area contributed by atoms with Crippen LogP contribution < -0.4 is 0 Å². The third-order valence-electron chi connectivity index (χ3n) is 2.97. The molecule has 0 spiro atoms. The maximum absolute atomic E-state index is 9.82. The standard InChI is InChI=1S/C14H18NO/c1-4-12-11(9-15)7-6-8-13(12)10(3)14(16)5-2/h6-8,10,14,16H,3-5H2,1-2H3. The lowest BCUT2D eigenvalue weighted by Crippen LogP contribution is -2.16. The van der Waals surface area contributed by atoms with Crippen molar-refractivity contribution in [3.05, 3.63) is 41.8 Å². The van der Waals surface area contributed by atoms with E-state index in [1.807, 2.05) is 32.0 Å². The summed E-state index contributed by atoms with van der Waals surface area (Å²) in [7, 11) is 0. The van der Waals surface area contributed by atoms with E-state index >= 15 is 0 Å². The zero-order valence-electron chi connectivity index (χ0n) is 9.90. The van der Waals surface area contributed by atoms with E-state index in [0.29, 0.717) is 12.0 Å². The van der Waals surface area contributed by atoms with Crippen LogP contribution in [0.25, 0.3) is 0 Å². The monoisotopic (exact) mass is 216 g/mol. The summed E-state index contributed by atoms with van der Waals surface area (Å²) in [5, 5.41) is 18.8. The summed E-state index contributed by atoms with van der Waals surface area (Å²) >= 11 is 0. The first kappa shape index (κ1) is 12.7. The summed E-state index contributed by atoms with van der Waals surface area (Å²) in [4.78, 5) is 0. The molecule has 0 aliphatic heterocycles. The molecule has 0 fully saturated rings. The smallest absolute Gasteiger partial charge is 0.0994 e. The Morgan fingerprint density at radius 2 is 2.12 bits per heavy atom. The Morgan fingerprint density at radius 3 is 2.62 bits per heavy atom. The number of benzene rings is 1. The van der Waals surface area contributed by atoms with Crippen LogP contribution in [0.15, 0.2) is 18.2 Å². The molecule has 0 saturated carbocycles. The molecule has 2 heteroatoms. The Balaban J connectivity index is 3.18. The van der Waals surface area contributed by atoms with E-state index in [4.69, 9.17) is 5.26 Å². The second-order valence-corrected chi connectivity index (χ2v) is 3.92. The molecule has 0 bridgehead atoms. The lowest BCUT2D eigenvalue weighted by atomic mass is 9.87. The van der Waals surface area contributed by atoms with Crippen LogP contribution in [0.1, 0.15) is 42.9 Å². The zero-order chi connectivity index (χ0) is 12.1. The quantitative estimate of drug-likeness (QED) is 0.841. The molecule has 1 aromatic rings. The van der Waals surface area contributed by atoms with Crippen molar-refractivity contribution in [1.82, 2.24) is 0 Å². The molecule has 2 atom stereocenters. The summed E-state index contributed by atoms with van der Waals surface area (Å²) < 4.78 is 0. The molecule has 0 aliphatic rings. The number of hydrogen-bond acceptors (Lipinski definition) is 2. The van der Waals surface area contributed by atoms with Gasteiger partial charge >= 0.3 is 0 Å². The van der Waals surface area contributed by atoms with Crippen LogP contribution in [-0.2, 0) is 6.42 Å². The third-order valence-corrected chi connectivity index (χ3v) is 2.97. The van der Waals surface area contributed by atoms with Crippen molar-refractivity contribution in [3.8, 4) is 6.07 Å². The molecule has 2 unspecified atom stereocenters. The van der Waals surface area contributed by atoms with Gasteiger partial charge in [0, 0.05) is 5.92 Å². The van der Waals surface area contributed by atoms with E-state index in [-0.39, 0.29) is 5.92 Å². The highest BCUT2D eigenvalue weighted by atomic mass is 16.3. The van der Waals surface area contributed by atoms with Gasteiger partial charge < -0.3 is 5.11 Å². The first-order chi connectivity index (χ1) is 7.65. The highest BCUT2D eigenvalue weighted by molar-refractivity contribution is 5.45. The lowest BCUT2D eigenvalue weighted by molar-refractivity contribution is 0.153. The van der Waals surface area contributed by atoms with Gasteiger partial charge in [0.2, 0.25) is 0 Å². The van der Waals surface area contributed by atoms with Crippen LogP contribution in [-0.4, -0.2) is 11.2 Å². The molecule has 2 nitrogen and oxygen atoms in total. The van der Waals surface area contributed by atoms with Gasteiger partial charge in [-0.15, -0.1) is 0 Å². The number of hydrogen-bond donors (Lipinski definition) is 1. The van der Waals surface area contributed by atoms with Crippen molar-refractivity contribution in [2.45, 2.75) is 38.7 Å². The molecule has 1 radical (unpaired) electrons. The summed E-state index contributed by atoms with van der Waals surface area (Å²) in [6.45, 7) is 7.96. The Kier molecular flexibility index (Phi) is 4.52. The Labute approximate surface area is 97.5 Å². The average Bonchev–Trinajstić information content (AvgIpc) is 2.35. The molecule has 0 heterocycles. The molecule has 0 amide bonds. The number of rotatable bonds is 4. The van der Waals surface area contributed by atoms with Gasteiger partial charge in [-0.1, -0.05) is 26.0 Å². The van der Waals surface area contributed by atoms with E-state index in [9.17, 15) is 5.11 Å². The van der Waals surface area contributed by atoms with Crippen molar-refractivity contribution >= 4 is 0 Å². The fraction of sp³-hybridized carbons (Fsp3) is 0.429. The Hall–Kier alpha value is -1.33. The third kappa shape index (κ3) is 2.43. The van der Waals surface area contributed by atoms with Crippen molar-refractivity contribution in [3.63, 3.8) is 0 Å². The molecule has 0 saturated heterocycles. The minimum atomic E-state index is -0.445. The Bertz CT molecular complexity index is 392. The SMILES string of the molecule is [CH2]C(c1cccc(C#N)c1CC)C(O)CC. The van der Waals surface area contributed by atoms with Gasteiger partial charge in [-0.25, -0.2) is 0 Å². The maximum Gasteiger partial charge on any atom is 0.0994 e. The van der Waals surface area contributed by atoms with Crippen LogP contribution in [0.3, 0.4) is 0 Å². The fourth-order valence-corrected chi connectivity index (χ4v) is 1.94. The van der Waals surface area contributed by atoms with E-state index in [1.165, 1.54) is 0 Å². The summed E-state index contributed by atoms with van der Waals surface area (Å²) in [5.74, 6) is -0.159. The zero-order valence-corrected chi connectivity index (χ0v) is 9.90. The normalized spacial score (nSPS) is 14.2. The van der Waals surface area contributed by atoms with Crippen LogP contribution in [0.2, 0.25) is 0 Å². The molecular formula is C14H18NO. The van der Waals surface area contributed by atoms with Gasteiger partial charge in [0.15, 0.2) is 0 Å². The number of aliphatic hydroxyl groups is 1. The van der Waals surface area contributed by atoms with Gasteiger partial charge in [-0.3, -0.25) is 0 Å². The molecule has 1 aromatic carbocycles. The molecule has 85 valence electrons. The predicted octanol–water partition coefficient (Wildman–Crippen LogP) is 2.81. The predicted molar refractivity (Wildman–Crippen MR) is 64.9 cm³/mol. The van der Waals surface area contributed by atoms with E-state index in [0.717, 1.165) is 17.5 Å². The van der Waals surface area contributed by atoms with Gasteiger partial charge in [0.25, 0.3) is 0 Å². The molecular weight excluding hydrogens is 198 g/mol. The van der Waals surface area contributed by atoms with Gasteiger partial charge in [-0.05, 0) is 37.0 Å². The summed E-state index contributed by atoms with van der Waals surface area (Å²) in [5.41, 5.74) is 2.70. The van der Waals surface area contributed by atoms with Crippen LogP contribution in [0, 0.1) is 18.3 Å². The maximum atomic E-state index is 9.82. The molecule has 1 N–H and O–H groups in total. The summed E-state index contributed by atoms with van der Waals surface area (Å²) in [6.07, 6.45) is 1.02. The number of nitrogens with zero attached hydrogens (tertiary/aromatic N) is 1. The van der Waals surface area contributed by atoms with Crippen molar-refractivity contribution in [1.29, 1.82) is 5.26 Å². The topological polar surface area (TPSA) is 44.0 Å². The molecule has 0 aromatic heterocycles. The second kappa shape index (κ2) is 5.67.